The molecule has 0 saturated heterocycles. The fourth-order valence-electron chi connectivity index (χ4n) is 3.69. The predicted molar refractivity (Wildman–Crippen MR) is 198 cm³/mol. The van der Waals surface area contributed by atoms with E-state index in [0.717, 1.165) is 43.2 Å². The molecule has 4 rings (SSSR count). The molecule has 0 atom stereocenters. The molecule has 2 aromatic heterocycles. The van der Waals surface area contributed by atoms with Crippen molar-refractivity contribution in [3.05, 3.63) is 36.4 Å². The Morgan fingerprint density at radius 2 is 0.944 bits per heavy atom. The molecule has 16 N–H and O–H groups in total. The summed E-state index contributed by atoms with van der Waals surface area (Å²) in [5.74, 6) is 1.20. The first-order valence-electron chi connectivity index (χ1n) is 14.0. The van der Waals surface area contributed by atoms with Crippen LogP contribution in [0.3, 0.4) is 0 Å². The summed E-state index contributed by atoms with van der Waals surface area (Å²) in [5, 5.41) is 8.04. The van der Waals surface area contributed by atoms with Crippen LogP contribution in [0.15, 0.2) is 76.5 Å². The summed E-state index contributed by atoms with van der Waals surface area (Å²) in [6, 6.07) is 4.54. The highest BCUT2D eigenvalue weighted by Gasteiger charge is 2.21. The number of nitrogen functional groups attached to an aromatic ring is 6. The van der Waals surface area contributed by atoms with Crippen molar-refractivity contribution in [3.8, 4) is 0 Å². The van der Waals surface area contributed by atoms with Crippen molar-refractivity contribution in [2.75, 3.05) is 45.9 Å². The lowest BCUT2D eigenvalue weighted by molar-refractivity contribution is 0.478. The van der Waals surface area contributed by atoms with E-state index >= 15 is 0 Å². The van der Waals surface area contributed by atoms with Crippen molar-refractivity contribution < 1.29 is 51.9 Å². The molecule has 0 aliphatic carbocycles. The van der Waals surface area contributed by atoms with Crippen LogP contribution >= 0.6 is 23.5 Å². The molecule has 0 spiro atoms. The number of hydrogen-bond acceptors (Lipinski definition) is 22. The number of nitrogens with zero attached hydrogens (tertiary/aromatic N) is 6. The summed E-state index contributed by atoms with van der Waals surface area (Å²) in [6.45, 7) is 0. The van der Waals surface area contributed by atoms with Crippen LogP contribution in [0.2, 0.25) is 0 Å². The summed E-state index contributed by atoms with van der Waals surface area (Å²) in [7, 11) is -18.5. The van der Waals surface area contributed by atoms with Gasteiger partial charge in [-0.2, -0.15) is 33.7 Å². The molecular formula is C24H30N12O12S6. The van der Waals surface area contributed by atoms with Crippen LogP contribution in [0.25, 0.3) is 0 Å². The van der Waals surface area contributed by atoms with Gasteiger partial charge in [0, 0.05) is 11.5 Å². The number of thioether (sulfide) groups is 2. The van der Waals surface area contributed by atoms with Gasteiger partial charge in [0.05, 0.1) is 15.5 Å². The molecule has 0 radical (unpaired) electrons. The van der Waals surface area contributed by atoms with E-state index in [1.54, 1.807) is 0 Å². The van der Waals surface area contributed by atoms with E-state index in [2.05, 4.69) is 30.2 Å². The van der Waals surface area contributed by atoms with Gasteiger partial charge in [-0.15, -0.1) is 10.2 Å². The fraction of sp³-hybridized carbons (Fsp3) is 0.167. The SMILES string of the molecule is Nc1cc(S(=O)(=O)O)ccc1S(=O)(=O)O.Nc1nc(SCCCCSc2nc(N)c(N=Nc3cc(S(=O)(=O)O)ccc3S(=O)(=O)O)c(N)n2)nc(N)c1N. The average Bonchev–Trinajstić information content (AvgIpc) is 3.03. The number of azo groups is 1. The molecule has 24 nitrogen and oxygen atoms in total. The third-order valence-electron chi connectivity index (χ3n) is 6.22. The van der Waals surface area contributed by atoms with Gasteiger partial charge in [-0.1, -0.05) is 23.5 Å². The van der Waals surface area contributed by atoms with Crippen molar-refractivity contribution in [1.29, 1.82) is 0 Å². The minimum atomic E-state index is -4.82. The van der Waals surface area contributed by atoms with E-state index in [-0.39, 0.29) is 39.8 Å². The lowest BCUT2D eigenvalue weighted by Gasteiger charge is -2.07. The zero-order valence-corrected chi connectivity index (χ0v) is 31.8. The highest BCUT2D eigenvalue weighted by atomic mass is 32.2. The molecule has 0 bridgehead atoms. The monoisotopic (exact) mass is 870 g/mol. The molecule has 294 valence electrons. The molecule has 54 heavy (non-hydrogen) atoms. The van der Waals surface area contributed by atoms with E-state index in [9.17, 15) is 42.8 Å². The number of unbranched alkanes of at least 4 members (excludes halogenated alkanes) is 1. The molecule has 0 saturated carbocycles. The third-order valence-corrected chi connectivity index (χ3v) is 11.6. The van der Waals surface area contributed by atoms with Gasteiger partial charge < -0.3 is 34.4 Å². The number of nitrogens with two attached hydrogens (primary N) is 6. The Kier molecular flexibility index (Phi) is 13.9. The highest BCUT2D eigenvalue weighted by Crippen LogP contribution is 2.34. The summed E-state index contributed by atoms with van der Waals surface area (Å²) in [6.07, 6.45) is 1.56. The first-order chi connectivity index (χ1) is 24.8. The topological polar surface area (TPSA) is 450 Å². The van der Waals surface area contributed by atoms with Crippen molar-refractivity contribution in [3.63, 3.8) is 0 Å². The average molecular weight is 871 g/mol. The zero-order chi connectivity index (χ0) is 40.8. The first kappa shape index (κ1) is 43.7. The molecule has 0 unspecified atom stereocenters. The van der Waals surface area contributed by atoms with Crippen LogP contribution in [-0.2, 0) is 40.5 Å². The maximum atomic E-state index is 11.6. The van der Waals surface area contributed by atoms with E-state index in [1.807, 2.05) is 0 Å². The first-order valence-corrected chi connectivity index (χ1v) is 21.7. The number of rotatable bonds is 13. The summed E-state index contributed by atoms with van der Waals surface area (Å²) in [4.78, 5) is 13.7. The molecule has 0 amide bonds. The fourth-order valence-corrected chi connectivity index (χ4v) is 7.62. The molecule has 30 heteroatoms. The Morgan fingerprint density at radius 1 is 0.537 bits per heavy atom. The van der Waals surface area contributed by atoms with Crippen molar-refractivity contribution in [2.45, 2.75) is 42.7 Å². The molecule has 0 aliphatic rings. The van der Waals surface area contributed by atoms with Crippen molar-refractivity contribution in [1.82, 2.24) is 19.9 Å². The summed E-state index contributed by atoms with van der Waals surface area (Å²) < 4.78 is 125. The number of anilines is 6. The molecular weight excluding hydrogens is 841 g/mol. The van der Waals surface area contributed by atoms with Gasteiger partial charge in [0.15, 0.2) is 39.3 Å². The highest BCUT2D eigenvalue weighted by molar-refractivity contribution is 7.99. The maximum Gasteiger partial charge on any atom is 0.296 e. The number of aromatic nitrogens is 4. The van der Waals surface area contributed by atoms with Gasteiger partial charge in [-0.25, -0.2) is 19.9 Å². The van der Waals surface area contributed by atoms with Crippen LogP contribution in [0.5, 0.6) is 0 Å². The summed E-state index contributed by atoms with van der Waals surface area (Å²) >= 11 is 2.65. The third kappa shape index (κ3) is 12.2. The van der Waals surface area contributed by atoms with Gasteiger partial charge >= 0.3 is 0 Å². The largest absolute Gasteiger partial charge is 0.398 e. The zero-order valence-electron chi connectivity index (χ0n) is 26.9. The van der Waals surface area contributed by atoms with Crippen LogP contribution in [-0.4, -0.2) is 83.3 Å². The molecule has 4 aromatic rings. The van der Waals surface area contributed by atoms with E-state index in [1.165, 1.54) is 23.5 Å². The number of benzene rings is 2. The van der Waals surface area contributed by atoms with Gasteiger partial charge in [0.1, 0.15) is 21.2 Å². The Labute approximate surface area is 315 Å². The van der Waals surface area contributed by atoms with E-state index in [4.69, 9.17) is 43.5 Å². The quantitative estimate of drug-likeness (QED) is 0.0227. The molecule has 2 aromatic carbocycles. The lowest BCUT2D eigenvalue weighted by Crippen LogP contribution is -2.06. The van der Waals surface area contributed by atoms with E-state index in [0.29, 0.717) is 22.7 Å². The van der Waals surface area contributed by atoms with Gasteiger partial charge in [0.2, 0.25) is 0 Å². The smallest absolute Gasteiger partial charge is 0.296 e. The van der Waals surface area contributed by atoms with Crippen LogP contribution in [0.4, 0.5) is 46.0 Å². The maximum absolute atomic E-state index is 11.6. The van der Waals surface area contributed by atoms with Gasteiger partial charge in [-0.05, 0) is 49.2 Å². The second-order valence-corrected chi connectivity index (χ2v) is 17.9. The Morgan fingerprint density at radius 3 is 1.35 bits per heavy atom. The van der Waals surface area contributed by atoms with Gasteiger partial charge in [-0.3, -0.25) is 18.2 Å². The molecule has 0 aliphatic heterocycles. The van der Waals surface area contributed by atoms with Crippen LogP contribution < -0.4 is 34.4 Å². The molecule has 2 heterocycles. The minimum Gasteiger partial charge on any atom is -0.398 e. The second-order valence-electron chi connectivity index (χ2n) is 10.1. The Hall–Kier alpha value is -4.66. The second kappa shape index (κ2) is 17.2. The predicted octanol–water partition coefficient (Wildman–Crippen LogP) is 1.51. The number of hydrogen-bond donors (Lipinski definition) is 10. The van der Waals surface area contributed by atoms with E-state index < -0.39 is 71.4 Å². The lowest BCUT2D eigenvalue weighted by atomic mass is 10.3. The van der Waals surface area contributed by atoms with Crippen LogP contribution in [0.1, 0.15) is 12.8 Å². The normalized spacial score (nSPS) is 12.4. The van der Waals surface area contributed by atoms with Crippen molar-refractivity contribution >= 4 is 110 Å². The minimum absolute atomic E-state index is 0.126. The van der Waals surface area contributed by atoms with Crippen molar-refractivity contribution in [2.24, 2.45) is 10.2 Å². The summed E-state index contributed by atoms with van der Waals surface area (Å²) in [5.41, 5.74) is 32.9. The van der Waals surface area contributed by atoms with Gasteiger partial charge in [0.25, 0.3) is 40.5 Å². The molecule has 0 fully saturated rings. The standard InChI is InChI=1S/C18H23N11O6S4.C6H7NO6S2/c19-11-13(20)24-17(25-14(11)21)36-5-1-2-6-37-18-26-15(22)12(16(23)27-18)29-28-9-7-8(38(30,31)32)3-4-10(9)39(33,34)35;7-5-3-4(14(8,9)10)1-2-6(5)15(11,12)13/h3-4,7H,1-2,5-6,19H2,(H,30,31,32)(H,33,34,35)(H4,20,21,24,25)(H4,22,23,26,27);1-3H,7H2,(H,8,9,10)(H,11,12,13). The Balaban J connectivity index is 0.000000437. The Bertz CT molecular complexity index is 2500. The van der Waals surface area contributed by atoms with Crippen LogP contribution in [0, 0.1) is 0 Å².